The summed E-state index contributed by atoms with van der Waals surface area (Å²) < 4.78 is 40.4. The molecule has 2 rings (SSSR count). The zero-order chi connectivity index (χ0) is 20.2. The van der Waals surface area contributed by atoms with Crippen molar-refractivity contribution < 1.29 is 37.8 Å². The molecule has 27 heavy (non-hydrogen) atoms. The van der Waals surface area contributed by atoms with Crippen molar-refractivity contribution in [2.75, 3.05) is 24.5 Å². The van der Waals surface area contributed by atoms with Crippen LogP contribution in [0.15, 0.2) is 24.3 Å². The lowest BCUT2D eigenvalue weighted by molar-refractivity contribution is -0.274. The third kappa shape index (κ3) is 5.73. The third-order valence-corrected chi connectivity index (χ3v) is 4.16. The van der Waals surface area contributed by atoms with Gasteiger partial charge < -0.3 is 19.6 Å². The number of rotatable bonds is 5. The first kappa shape index (κ1) is 20.8. The lowest BCUT2D eigenvalue weighted by Gasteiger charge is -2.41. The molecule has 1 saturated heterocycles. The van der Waals surface area contributed by atoms with Crippen molar-refractivity contribution >= 4 is 17.5 Å². The summed E-state index contributed by atoms with van der Waals surface area (Å²) in [5.74, 6) is -1.81. The number of alkyl halides is 3. The molecule has 0 aromatic heterocycles. The molecule has 1 aliphatic rings. The van der Waals surface area contributed by atoms with Crippen LogP contribution in [-0.2, 0) is 9.59 Å². The minimum atomic E-state index is -4.75. The topological polar surface area (TPSA) is 102 Å². The molecule has 0 radical (unpaired) electrons. The molecule has 1 aromatic rings. The number of piperazine rings is 1. The number of ether oxygens (including phenoxy) is 1. The van der Waals surface area contributed by atoms with Gasteiger partial charge in [-0.15, -0.1) is 13.2 Å². The maximum absolute atomic E-state index is 12.2. The highest BCUT2D eigenvalue weighted by atomic mass is 19.4. The fourth-order valence-electron chi connectivity index (χ4n) is 2.87. The van der Waals surface area contributed by atoms with Crippen molar-refractivity contribution in [3.8, 4) is 5.75 Å². The monoisotopic (exact) mass is 391 g/mol. The van der Waals surface area contributed by atoms with Crippen LogP contribution in [0.2, 0.25) is 0 Å². The minimum Gasteiger partial charge on any atom is -0.406 e. The number of aliphatic hydroxyl groups is 1. The molecule has 0 saturated carbocycles. The van der Waals surface area contributed by atoms with Gasteiger partial charge in [0.15, 0.2) is 0 Å². The predicted octanol–water partition coefficient (Wildman–Crippen LogP) is 0.879. The van der Waals surface area contributed by atoms with E-state index < -0.39 is 30.7 Å². The number of carbonyl (C=O) groups is 2. The highest BCUT2D eigenvalue weighted by Gasteiger charge is 2.32. The van der Waals surface area contributed by atoms with Gasteiger partial charge in [-0.1, -0.05) is 0 Å². The van der Waals surface area contributed by atoms with E-state index in [4.69, 9.17) is 5.21 Å². The Morgan fingerprint density at radius 1 is 1.30 bits per heavy atom. The molecule has 150 valence electrons. The Bertz CT molecular complexity index is 668. The Hall–Kier alpha value is -2.53. The number of aliphatic hydroxyl groups excluding tert-OH is 1. The first-order valence-corrected chi connectivity index (χ1v) is 8.13. The summed E-state index contributed by atoms with van der Waals surface area (Å²) in [6.07, 6.45) is -6.85. The fourth-order valence-corrected chi connectivity index (χ4v) is 2.87. The molecule has 1 fully saturated rings. The molecule has 1 aromatic carbocycles. The van der Waals surface area contributed by atoms with E-state index in [1.54, 1.807) is 6.92 Å². The van der Waals surface area contributed by atoms with E-state index in [0.717, 1.165) is 0 Å². The zero-order valence-electron chi connectivity index (χ0n) is 14.4. The van der Waals surface area contributed by atoms with Gasteiger partial charge >= 0.3 is 6.36 Å². The molecule has 11 heteroatoms. The van der Waals surface area contributed by atoms with Gasteiger partial charge in [0.2, 0.25) is 5.91 Å². The quantitative estimate of drug-likeness (QED) is 0.509. The number of benzene rings is 1. The van der Waals surface area contributed by atoms with E-state index in [9.17, 15) is 27.9 Å². The van der Waals surface area contributed by atoms with Crippen LogP contribution in [0.4, 0.5) is 18.9 Å². The second-order valence-corrected chi connectivity index (χ2v) is 6.12. The number of nitrogens with one attached hydrogen (secondary N) is 1. The number of carbonyl (C=O) groups excluding carboxylic acids is 2. The van der Waals surface area contributed by atoms with Crippen LogP contribution in [0, 0.1) is 0 Å². The SMILES string of the molecule is C[C@@H]1CN(c2ccc(OC(F)(F)F)cc2)CCN1C(=O)C[C@@H](O)C(=O)NO. The molecule has 2 atom stereocenters. The van der Waals surface area contributed by atoms with Crippen molar-refractivity contribution in [1.82, 2.24) is 10.4 Å². The highest BCUT2D eigenvalue weighted by Crippen LogP contribution is 2.26. The molecular formula is C16H20F3N3O5. The van der Waals surface area contributed by atoms with E-state index in [1.807, 2.05) is 4.90 Å². The van der Waals surface area contributed by atoms with Crippen molar-refractivity contribution in [2.45, 2.75) is 31.9 Å². The van der Waals surface area contributed by atoms with Gasteiger partial charge in [-0.05, 0) is 31.2 Å². The van der Waals surface area contributed by atoms with E-state index in [-0.39, 0.29) is 11.8 Å². The molecule has 0 unspecified atom stereocenters. The summed E-state index contributed by atoms with van der Waals surface area (Å²) in [5, 5.41) is 18.0. The third-order valence-electron chi connectivity index (χ3n) is 4.16. The van der Waals surface area contributed by atoms with Crippen LogP contribution >= 0.6 is 0 Å². The van der Waals surface area contributed by atoms with Crippen LogP contribution in [0.3, 0.4) is 0 Å². The van der Waals surface area contributed by atoms with Crippen LogP contribution in [-0.4, -0.2) is 65.2 Å². The molecule has 8 nitrogen and oxygen atoms in total. The van der Waals surface area contributed by atoms with Crippen molar-refractivity contribution in [2.24, 2.45) is 0 Å². The standard InChI is InChI=1S/C16H20F3N3O5/c1-10-9-21(11-2-4-12(5-3-11)27-16(17,18)19)6-7-22(10)14(24)8-13(23)15(25)20-26/h2-5,10,13,23,26H,6-9H2,1H3,(H,20,25)/t10-,13-/m1/s1. The van der Waals surface area contributed by atoms with Gasteiger partial charge in [0.05, 0.1) is 6.42 Å². The van der Waals surface area contributed by atoms with Crippen molar-refractivity contribution in [3.63, 3.8) is 0 Å². The Balaban J connectivity index is 1.94. The summed E-state index contributed by atoms with van der Waals surface area (Å²) in [4.78, 5) is 26.7. The van der Waals surface area contributed by atoms with Crippen LogP contribution in [0.5, 0.6) is 5.75 Å². The Morgan fingerprint density at radius 2 is 1.93 bits per heavy atom. The second-order valence-electron chi connectivity index (χ2n) is 6.12. The number of anilines is 1. The van der Waals surface area contributed by atoms with Gasteiger partial charge in [-0.3, -0.25) is 14.8 Å². The number of hydrogen-bond donors (Lipinski definition) is 3. The zero-order valence-corrected chi connectivity index (χ0v) is 14.4. The van der Waals surface area contributed by atoms with E-state index >= 15 is 0 Å². The summed E-state index contributed by atoms with van der Waals surface area (Å²) >= 11 is 0. The van der Waals surface area contributed by atoms with Crippen LogP contribution in [0.25, 0.3) is 0 Å². The number of halogens is 3. The highest BCUT2D eigenvalue weighted by molar-refractivity contribution is 5.87. The van der Waals surface area contributed by atoms with Gasteiger partial charge in [-0.2, -0.15) is 0 Å². The smallest absolute Gasteiger partial charge is 0.406 e. The summed E-state index contributed by atoms with van der Waals surface area (Å²) in [6, 6.07) is 5.19. The van der Waals surface area contributed by atoms with E-state index in [1.165, 1.54) is 34.6 Å². The summed E-state index contributed by atoms with van der Waals surface area (Å²) in [5.41, 5.74) is 1.97. The molecular weight excluding hydrogens is 371 g/mol. The van der Waals surface area contributed by atoms with Gasteiger partial charge in [0.25, 0.3) is 5.91 Å². The Morgan fingerprint density at radius 3 is 2.44 bits per heavy atom. The molecule has 0 aliphatic carbocycles. The average molecular weight is 391 g/mol. The second kappa shape index (κ2) is 8.44. The average Bonchev–Trinajstić information content (AvgIpc) is 2.60. The minimum absolute atomic E-state index is 0.248. The molecule has 1 heterocycles. The van der Waals surface area contributed by atoms with Crippen molar-refractivity contribution in [1.29, 1.82) is 0 Å². The van der Waals surface area contributed by atoms with Gasteiger partial charge in [-0.25, -0.2) is 5.48 Å². The predicted molar refractivity (Wildman–Crippen MR) is 87.1 cm³/mol. The van der Waals surface area contributed by atoms with Crippen molar-refractivity contribution in [3.05, 3.63) is 24.3 Å². The molecule has 0 bridgehead atoms. The summed E-state index contributed by atoms with van der Waals surface area (Å²) in [7, 11) is 0. The van der Waals surface area contributed by atoms with Gasteiger partial charge in [0, 0.05) is 31.4 Å². The Labute approximate surface area is 153 Å². The number of hydroxylamine groups is 1. The largest absolute Gasteiger partial charge is 0.573 e. The maximum atomic E-state index is 12.2. The first-order valence-electron chi connectivity index (χ1n) is 8.13. The number of amides is 2. The van der Waals surface area contributed by atoms with Crippen LogP contribution in [0.1, 0.15) is 13.3 Å². The lowest BCUT2D eigenvalue weighted by Crippen LogP contribution is -2.55. The first-order chi connectivity index (χ1) is 12.6. The van der Waals surface area contributed by atoms with Gasteiger partial charge in [0.1, 0.15) is 11.9 Å². The normalized spacial score (nSPS) is 18.8. The molecule has 0 spiro atoms. The lowest BCUT2D eigenvalue weighted by atomic mass is 10.1. The summed E-state index contributed by atoms with van der Waals surface area (Å²) in [6.45, 7) is 2.95. The maximum Gasteiger partial charge on any atom is 0.573 e. The molecule has 3 N–H and O–H groups in total. The van der Waals surface area contributed by atoms with E-state index in [2.05, 4.69) is 4.74 Å². The van der Waals surface area contributed by atoms with E-state index in [0.29, 0.717) is 25.3 Å². The number of nitrogens with zero attached hydrogens (tertiary/aromatic N) is 2. The van der Waals surface area contributed by atoms with Crippen LogP contribution < -0.4 is 15.1 Å². The molecule has 1 aliphatic heterocycles. The molecule has 2 amide bonds. The number of hydrogen-bond acceptors (Lipinski definition) is 6. The fraction of sp³-hybridized carbons (Fsp3) is 0.500. The Kier molecular flexibility index (Phi) is 6.50.